The maximum Gasteiger partial charge on any atom is 0.501 e. The Balaban J connectivity index is 1.56. The lowest BCUT2D eigenvalue weighted by Crippen LogP contribution is -2.23. The normalized spacial score (nSPS) is 12.3. The summed E-state index contributed by atoms with van der Waals surface area (Å²) in [7, 11) is -5.43. The summed E-state index contributed by atoms with van der Waals surface area (Å²) < 4.78 is 67.9. The third kappa shape index (κ3) is 4.23. The van der Waals surface area contributed by atoms with Gasteiger partial charge in [-0.05, 0) is 48.9 Å². The van der Waals surface area contributed by atoms with Crippen LogP contribution in [0.3, 0.4) is 0 Å². The molecule has 3 aromatic heterocycles. The molecule has 0 radical (unpaired) electrons. The topological polar surface area (TPSA) is 104 Å². The number of nitrogens with zero attached hydrogens (tertiary/aromatic N) is 5. The van der Waals surface area contributed by atoms with Crippen LogP contribution in [-0.4, -0.2) is 38.8 Å². The van der Waals surface area contributed by atoms with Crippen molar-refractivity contribution in [1.82, 2.24) is 24.9 Å². The predicted octanol–water partition coefficient (Wildman–Crippen LogP) is 4.30. The van der Waals surface area contributed by atoms with Gasteiger partial charge in [-0.1, -0.05) is 22.8 Å². The van der Waals surface area contributed by atoms with E-state index in [2.05, 4.69) is 20.2 Å². The van der Waals surface area contributed by atoms with E-state index >= 15 is 0 Å². The smallest absolute Gasteiger partial charge is 0.332 e. The summed E-state index contributed by atoms with van der Waals surface area (Å²) in [5, 5.41) is 8.62. The molecule has 0 unspecified atom stereocenters. The van der Waals surface area contributed by atoms with E-state index in [1.807, 2.05) is 13.0 Å². The Labute approximate surface area is 184 Å². The highest BCUT2D eigenvalue weighted by Gasteiger charge is 2.46. The summed E-state index contributed by atoms with van der Waals surface area (Å²) >= 11 is 5.79. The van der Waals surface area contributed by atoms with Crippen molar-refractivity contribution in [3.05, 3.63) is 65.1 Å². The lowest BCUT2D eigenvalue weighted by atomic mass is 10.2. The van der Waals surface area contributed by atoms with Crippen LogP contribution in [0.5, 0.6) is 0 Å². The van der Waals surface area contributed by atoms with Crippen LogP contribution in [0.1, 0.15) is 11.3 Å². The molecule has 32 heavy (non-hydrogen) atoms. The minimum atomic E-state index is -5.43. The van der Waals surface area contributed by atoms with Crippen molar-refractivity contribution in [1.29, 1.82) is 0 Å². The molecule has 8 nitrogen and oxygen atoms in total. The van der Waals surface area contributed by atoms with E-state index in [9.17, 15) is 21.6 Å². The van der Waals surface area contributed by atoms with Crippen LogP contribution in [0.25, 0.3) is 23.0 Å². The van der Waals surface area contributed by atoms with Crippen molar-refractivity contribution in [3.63, 3.8) is 0 Å². The van der Waals surface area contributed by atoms with Crippen molar-refractivity contribution in [2.75, 3.05) is 0 Å². The number of hydrogen-bond donors (Lipinski definition) is 0. The van der Waals surface area contributed by atoms with E-state index in [0.717, 1.165) is 23.4 Å². The monoisotopic (exact) mass is 483 g/mol. The fraction of sp³-hybridized carbons (Fsp3) is 0.158. The second-order valence-corrected chi connectivity index (χ2v) is 9.04. The Kier molecular flexibility index (Phi) is 5.51. The molecular formula is C19H13ClF3N5O3S. The van der Waals surface area contributed by atoms with E-state index in [1.54, 1.807) is 23.0 Å². The maximum absolute atomic E-state index is 12.7. The number of hydrogen-bond acceptors (Lipinski definition) is 7. The van der Waals surface area contributed by atoms with Gasteiger partial charge < -0.3 is 4.52 Å². The van der Waals surface area contributed by atoms with Crippen LogP contribution in [0, 0.1) is 6.92 Å². The van der Waals surface area contributed by atoms with E-state index in [1.165, 1.54) is 12.1 Å². The Morgan fingerprint density at radius 2 is 1.84 bits per heavy atom. The zero-order valence-electron chi connectivity index (χ0n) is 16.2. The van der Waals surface area contributed by atoms with Crippen LogP contribution < -0.4 is 0 Å². The first-order chi connectivity index (χ1) is 15.0. The first-order valence-electron chi connectivity index (χ1n) is 8.95. The first kappa shape index (κ1) is 22.0. The molecule has 0 fully saturated rings. The lowest BCUT2D eigenvalue weighted by Gasteiger charge is -2.07. The number of benzene rings is 1. The molecule has 0 aliphatic carbocycles. The van der Waals surface area contributed by atoms with E-state index in [-0.39, 0.29) is 17.3 Å². The van der Waals surface area contributed by atoms with Gasteiger partial charge in [-0.15, -0.1) is 0 Å². The third-order valence-corrected chi connectivity index (χ3v) is 6.20. The van der Waals surface area contributed by atoms with Crippen LogP contribution in [-0.2, 0) is 16.4 Å². The summed E-state index contributed by atoms with van der Waals surface area (Å²) in [4.78, 5) is 7.36. The highest BCUT2D eigenvalue weighted by molar-refractivity contribution is 7.92. The summed E-state index contributed by atoms with van der Waals surface area (Å²) in [6.07, 6.45) is 1.64. The molecule has 0 amide bonds. The van der Waals surface area contributed by atoms with Crippen molar-refractivity contribution < 1.29 is 26.1 Å². The molecule has 0 saturated carbocycles. The molecule has 0 atom stereocenters. The maximum atomic E-state index is 12.7. The highest BCUT2D eigenvalue weighted by Crippen LogP contribution is 2.31. The number of alkyl halides is 3. The Morgan fingerprint density at radius 3 is 2.47 bits per heavy atom. The molecule has 0 N–H and O–H groups in total. The second kappa shape index (κ2) is 8.02. The average molecular weight is 484 g/mol. The summed E-state index contributed by atoms with van der Waals surface area (Å²) in [6.45, 7) is 2.28. The van der Waals surface area contributed by atoms with E-state index < -0.39 is 20.2 Å². The molecule has 166 valence electrons. The molecule has 0 aliphatic heterocycles. The second-order valence-electron chi connectivity index (χ2n) is 6.71. The number of rotatable bonds is 5. The number of aryl methyl sites for hydroxylation is 1. The minimum Gasteiger partial charge on any atom is -0.332 e. The van der Waals surface area contributed by atoms with Gasteiger partial charge in [0.2, 0.25) is 5.82 Å². The molecule has 0 bridgehead atoms. The summed E-state index contributed by atoms with van der Waals surface area (Å²) in [6, 6.07) is 9.26. The van der Waals surface area contributed by atoms with Gasteiger partial charge in [0.25, 0.3) is 15.7 Å². The lowest BCUT2D eigenvalue weighted by molar-refractivity contribution is -0.0436. The molecule has 1 aromatic carbocycles. The molecule has 3 heterocycles. The number of pyridine rings is 1. The Morgan fingerprint density at radius 1 is 1.12 bits per heavy atom. The van der Waals surface area contributed by atoms with E-state index in [4.69, 9.17) is 16.1 Å². The molecule has 4 aromatic rings. The Hall–Kier alpha value is -3.25. The van der Waals surface area contributed by atoms with Crippen LogP contribution >= 0.6 is 11.6 Å². The van der Waals surface area contributed by atoms with Crippen molar-refractivity contribution in [2.45, 2.75) is 23.9 Å². The molecule has 0 spiro atoms. The molecular weight excluding hydrogens is 471 g/mol. The zero-order chi connectivity index (χ0) is 23.1. The van der Waals surface area contributed by atoms with E-state index in [0.29, 0.717) is 17.4 Å². The molecule has 0 aliphatic rings. The molecule has 13 heteroatoms. The van der Waals surface area contributed by atoms with Crippen LogP contribution in [0.2, 0.25) is 5.15 Å². The van der Waals surface area contributed by atoms with Crippen LogP contribution in [0.15, 0.2) is 58.1 Å². The predicted molar refractivity (Wildman–Crippen MR) is 107 cm³/mol. The van der Waals surface area contributed by atoms with Gasteiger partial charge in [0.1, 0.15) is 5.15 Å². The highest BCUT2D eigenvalue weighted by atomic mass is 35.5. The number of halogens is 4. The van der Waals surface area contributed by atoms with Gasteiger partial charge in [0.05, 0.1) is 11.4 Å². The fourth-order valence-electron chi connectivity index (χ4n) is 2.81. The van der Waals surface area contributed by atoms with Gasteiger partial charge >= 0.3 is 5.51 Å². The van der Waals surface area contributed by atoms with Crippen LogP contribution in [0.4, 0.5) is 13.2 Å². The van der Waals surface area contributed by atoms with Gasteiger partial charge in [0.15, 0.2) is 5.69 Å². The first-order valence-corrected chi connectivity index (χ1v) is 10.8. The molecule has 4 rings (SSSR count). The SMILES string of the molecule is Cc1cc(-c2nc(-c3ccc(S(=O)(=O)C(F)(F)F)cc3)no2)nn1Cc1ccc(Cl)nc1. The average Bonchev–Trinajstić information content (AvgIpc) is 3.36. The largest absolute Gasteiger partial charge is 0.501 e. The third-order valence-electron chi connectivity index (χ3n) is 4.47. The Bertz CT molecular complexity index is 1360. The van der Waals surface area contributed by atoms with Crippen molar-refractivity contribution >= 4 is 21.4 Å². The fourth-order valence-corrected chi connectivity index (χ4v) is 3.68. The van der Waals surface area contributed by atoms with Crippen molar-refractivity contribution in [3.8, 4) is 23.0 Å². The van der Waals surface area contributed by atoms with Gasteiger partial charge in [-0.2, -0.15) is 23.3 Å². The van der Waals surface area contributed by atoms with Gasteiger partial charge in [0, 0.05) is 17.5 Å². The van der Waals surface area contributed by atoms with Gasteiger partial charge in [-0.3, -0.25) is 4.68 Å². The summed E-state index contributed by atoms with van der Waals surface area (Å²) in [5.74, 6) is 0.174. The standard InChI is InChI=1S/C19H13ClF3N5O3S/c1-11-8-15(26-28(11)10-12-2-7-16(20)24-9-12)18-25-17(27-31-18)13-3-5-14(6-4-13)32(29,30)19(21,22)23/h2-9H,10H2,1H3. The summed E-state index contributed by atoms with van der Waals surface area (Å²) in [5.41, 5.74) is -3.00. The number of aromatic nitrogens is 5. The minimum absolute atomic E-state index is 0.0741. The molecule has 0 saturated heterocycles. The number of sulfone groups is 1. The quantitative estimate of drug-likeness (QED) is 0.390. The van der Waals surface area contributed by atoms with Gasteiger partial charge in [-0.25, -0.2) is 13.4 Å². The zero-order valence-corrected chi connectivity index (χ0v) is 17.8. The van der Waals surface area contributed by atoms with Crippen molar-refractivity contribution in [2.24, 2.45) is 0 Å².